The van der Waals surface area contributed by atoms with Gasteiger partial charge in [-0.2, -0.15) is 5.26 Å². The van der Waals surface area contributed by atoms with E-state index in [-0.39, 0.29) is 0 Å². The Bertz CT molecular complexity index is 285. The van der Waals surface area contributed by atoms with Crippen molar-refractivity contribution in [1.29, 1.82) is 5.26 Å². The maximum Gasteiger partial charge on any atom is 0.105 e. The van der Waals surface area contributed by atoms with E-state index in [9.17, 15) is 5.26 Å². The van der Waals surface area contributed by atoms with E-state index in [1.165, 1.54) is 0 Å². The Morgan fingerprint density at radius 2 is 1.80 bits per heavy atom. The lowest BCUT2D eigenvalue weighted by Gasteiger charge is -2.34. The Hall–Kier alpha value is -0.630. The molecule has 4 heteroatoms. The molecule has 0 spiro atoms. The molecule has 0 amide bonds. The summed E-state index contributed by atoms with van der Waals surface area (Å²) in [5, 5.41) is 12.8. The third kappa shape index (κ3) is 7.84. The molecule has 20 heavy (non-hydrogen) atoms. The molecular weight excluding hydrogens is 248 g/mol. The van der Waals surface area contributed by atoms with Crippen molar-refractivity contribution in [3.8, 4) is 6.07 Å². The maximum atomic E-state index is 9.45. The van der Waals surface area contributed by atoms with Crippen molar-refractivity contribution in [3.05, 3.63) is 0 Å². The lowest BCUT2D eigenvalue weighted by Crippen LogP contribution is -2.48. The number of hydrogen-bond acceptors (Lipinski definition) is 4. The smallest absolute Gasteiger partial charge is 0.105 e. The van der Waals surface area contributed by atoms with Crippen LogP contribution in [0.4, 0.5) is 0 Å². The van der Waals surface area contributed by atoms with Crippen LogP contribution in [0, 0.1) is 11.3 Å². The van der Waals surface area contributed by atoms with E-state index >= 15 is 0 Å². The minimum atomic E-state index is -0.417. The first-order valence-corrected chi connectivity index (χ1v) is 7.93. The van der Waals surface area contributed by atoms with Gasteiger partial charge in [0.25, 0.3) is 0 Å². The normalized spacial score (nSPS) is 16.1. The minimum absolute atomic E-state index is 0.417. The molecule has 0 saturated heterocycles. The second-order valence-corrected chi connectivity index (χ2v) is 6.26. The molecule has 0 aromatic rings. The molecular formula is C16H34N4. The molecule has 0 bridgehead atoms. The van der Waals surface area contributed by atoms with Gasteiger partial charge in [0.1, 0.15) is 5.54 Å². The van der Waals surface area contributed by atoms with Gasteiger partial charge in [-0.15, -0.1) is 0 Å². The number of rotatable bonds is 11. The first kappa shape index (κ1) is 19.4. The predicted octanol–water partition coefficient (Wildman–Crippen LogP) is 2.32. The number of likely N-dealkylation sites (N-methyl/N-ethyl adjacent to an activating group) is 1. The van der Waals surface area contributed by atoms with Gasteiger partial charge in [-0.25, -0.2) is 0 Å². The highest BCUT2D eigenvalue weighted by molar-refractivity contribution is 5.05. The summed E-state index contributed by atoms with van der Waals surface area (Å²) in [7, 11) is 4.22. The number of nitrogens with one attached hydrogen (secondary N) is 1. The van der Waals surface area contributed by atoms with E-state index in [0.29, 0.717) is 6.04 Å². The fourth-order valence-electron chi connectivity index (χ4n) is 2.45. The van der Waals surface area contributed by atoms with Crippen LogP contribution in [0.5, 0.6) is 0 Å². The summed E-state index contributed by atoms with van der Waals surface area (Å²) < 4.78 is 0. The van der Waals surface area contributed by atoms with Crippen molar-refractivity contribution >= 4 is 0 Å². The summed E-state index contributed by atoms with van der Waals surface area (Å²) in [6.45, 7) is 12.8. The molecule has 2 unspecified atom stereocenters. The van der Waals surface area contributed by atoms with Crippen LogP contribution in [0.25, 0.3) is 0 Å². The lowest BCUT2D eigenvalue weighted by atomic mass is 9.94. The fraction of sp³-hybridized carbons (Fsp3) is 0.938. The predicted molar refractivity (Wildman–Crippen MR) is 86.8 cm³/mol. The molecule has 1 N–H and O–H groups in total. The number of nitrogens with zero attached hydrogens (tertiary/aromatic N) is 3. The molecule has 0 rings (SSSR count). The molecule has 4 nitrogen and oxygen atoms in total. The summed E-state index contributed by atoms with van der Waals surface area (Å²) in [4.78, 5) is 4.72. The van der Waals surface area contributed by atoms with Crippen LogP contribution in [0.15, 0.2) is 0 Å². The van der Waals surface area contributed by atoms with Crippen molar-refractivity contribution in [2.75, 3.05) is 40.3 Å². The van der Waals surface area contributed by atoms with Crippen LogP contribution >= 0.6 is 0 Å². The quantitative estimate of drug-likeness (QED) is 0.631. The van der Waals surface area contributed by atoms with E-state index in [2.05, 4.69) is 56.1 Å². The SMILES string of the molecule is CCCNC(C)(C#N)CC(C)N(CCC)CCN(C)C. The molecule has 0 heterocycles. The van der Waals surface area contributed by atoms with Crippen LogP contribution in [0.1, 0.15) is 47.0 Å². The van der Waals surface area contributed by atoms with Gasteiger partial charge in [0, 0.05) is 19.1 Å². The van der Waals surface area contributed by atoms with Crippen LogP contribution in [0.3, 0.4) is 0 Å². The minimum Gasteiger partial charge on any atom is -0.308 e. The zero-order valence-corrected chi connectivity index (χ0v) is 14.4. The van der Waals surface area contributed by atoms with E-state index in [1.54, 1.807) is 0 Å². The number of nitriles is 1. The first-order chi connectivity index (χ1) is 9.38. The van der Waals surface area contributed by atoms with E-state index in [1.807, 2.05) is 6.92 Å². The Morgan fingerprint density at radius 3 is 2.25 bits per heavy atom. The molecule has 118 valence electrons. The average molecular weight is 282 g/mol. The summed E-state index contributed by atoms with van der Waals surface area (Å²) >= 11 is 0. The van der Waals surface area contributed by atoms with Gasteiger partial charge in [0.05, 0.1) is 6.07 Å². The first-order valence-electron chi connectivity index (χ1n) is 7.93. The van der Waals surface area contributed by atoms with E-state index in [4.69, 9.17) is 0 Å². The highest BCUT2D eigenvalue weighted by Crippen LogP contribution is 2.16. The zero-order chi connectivity index (χ0) is 15.6. The third-order valence-electron chi connectivity index (χ3n) is 3.68. The molecule has 0 aromatic heterocycles. The molecule has 0 aliphatic rings. The Kier molecular flexibility index (Phi) is 9.83. The molecule has 0 saturated carbocycles. The van der Waals surface area contributed by atoms with Gasteiger partial charge < -0.3 is 4.90 Å². The van der Waals surface area contributed by atoms with Crippen LogP contribution < -0.4 is 5.32 Å². The van der Waals surface area contributed by atoms with Gasteiger partial charge in [-0.1, -0.05) is 13.8 Å². The van der Waals surface area contributed by atoms with Crippen LogP contribution in [-0.4, -0.2) is 61.7 Å². The summed E-state index contributed by atoms with van der Waals surface area (Å²) in [6, 6.07) is 2.88. The molecule has 0 radical (unpaired) electrons. The molecule has 0 aliphatic heterocycles. The van der Waals surface area contributed by atoms with Crippen molar-refractivity contribution in [3.63, 3.8) is 0 Å². The summed E-state index contributed by atoms with van der Waals surface area (Å²) in [6.07, 6.45) is 3.09. The van der Waals surface area contributed by atoms with E-state index < -0.39 is 5.54 Å². The van der Waals surface area contributed by atoms with Gasteiger partial charge in [0.2, 0.25) is 0 Å². The topological polar surface area (TPSA) is 42.3 Å². The molecule has 0 fully saturated rings. The Balaban J connectivity index is 4.54. The average Bonchev–Trinajstić information content (AvgIpc) is 2.40. The van der Waals surface area contributed by atoms with Crippen molar-refractivity contribution in [2.24, 2.45) is 0 Å². The van der Waals surface area contributed by atoms with E-state index in [0.717, 1.165) is 45.4 Å². The largest absolute Gasteiger partial charge is 0.308 e. The summed E-state index contributed by atoms with van der Waals surface area (Å²) in [5.74, 6) is 0. The van der Waals surface area contributed by atoms with Crippen LogP contribution in [-0.2, 0) is 0 Å². The van der Waals surface area contributed by atoms with Gasteiger partial charge >= 0.3 is 0 Å². The monoisotopic (exact) mass is 282 g/mol. The van der Waals surface area contributed by atoms with Crippen molar-refractivity contribution in [1.82, 2.24) is 15.1 Å². The Morgan fingerprint density at radius 1 is 1.15 bits per heavy atom. The fourth-order valence-corrected chi connectivity index (χ4v) is 2.45. The number of hydrogen-bond donors (Lipinski definition) is 1. The second kappa shape index (κ2) is 10.1. The third-order valence-corrected chi connectivity index (χ3v) is 3.68. The van der Waals surface area contributed by atoms with Gasteiger partial charge in [-0.05, 0) is 60.3 Å². The highest BCUT2D eigenvalue weighted by Gasteiger charge is 2.27. The highest BCUT2D eigenvalue weighted by atomic mass is 15.2. The molecule has 0 aromatic carbocycles. The van der Waals surface area contributed by atoms with Gasteiger partial charge in [0.15, 0.2) is 0 Å². The Labute approximate surface area is 126 Å². The maximum absolute atomic E-state index is 9.45. The molecule has 0 aliphatic carbocycles. The van der Waals surface area contributed by atoms with Crippen molar-refractivity contribution in [2.45, 2.75) is 58.5 Å². The summed E-state index contributed by atoms with van der Waals surface area (Å²) in [5.41, 5.74) is -0.417. The van der Waals surface area contributed by atoms with Gasteiger partial charge in [-0.3, -0.25) is 10.2 Å². The lowest BCUT2D eigenvalue weighted by molar-refractivity contribution is 0.162. The van der Waals surface area contributed by atoms with Crippen LogP contribution in [0.2, 0.25) is 0 Å². The standard InChI is InChI=1S/C16H34N4/c1-7-9-18-16(4,14-17)13-15(3)20(10-8-2)12-11-19(5)6/h15,18H,7-13H2,1-6H3. The van der Waals surface area contributed by atoms with Crippen molar-refractivity contribution < 1.29 is 0 Å². The molecule has 2 atom stereocenters. The second-order valence-electron chi connectivity index (χ2n) is 6.26. The zero-order valence-electron chi connectivity index (χ0n) is 14.4.